The minimum absolute atomic E-state index is 0.227. The van der Waals surface area contributed by atoms with Gasteiger partial charge in [-0.2, -0.15) is 5.10 Å². The molecule has 2 aromatic rings. The molecule has 0 aliphatic carbocycles. The maximum atomic E-state index is 11.8. The second kappa shape index (κ2) is 4.36. The molecule has 2 rings (SSSR count). The average Bonchev–Trinajstić information content (AvgIpc) is 2.68. The van der Waals surface area contributed by atoms with Crippen molar-refractivity contribution in [2.45, 2.75) is 0 Å². The number of nitrogens with two attached hydrogens (primary N) is 1. The molecular formula is C10H9BrN4O. The van der Waals surface area contributed by atoms with Crippen LogP contribution >= 0.6 is 15.9 Å². The lowest BCUT2D eigenvalue weighted by molar-refractivity contribution is 0.102. The molecule has 0 saturated carbocycles. The highest BCUT2D eigenvalue weighted by atomic mass is 79.9. The monoisotopic (exact) mass is 280 g/mol. The van der Waals surface area contributed by atoms with Gasteiger partial charge in [0.1, 0.15) is 0 Å². The van der Waals surface area contributed by atoms with Gasteiger partial charge in [0.25, 0.3) is 5.91 Å². The molecule has 5 nitrogen and oxygen atoms in total. The van der Waals surface area contributed by atoms with E-state index < -0.39 is 0 Å². The van der Waals surface area contributed by atoms with E-state index in [4.69, 9.17) is 5.73 Å². The molecule has 82 valence electrons. The molecule has 16 heavy (non-hydrogen) atoms. The van der Waals surface area contributed by atoms with Crippen LogP contribution in [0.1, 0.15) is 10.4 Å². The molecule has 1 heterocycles. The summed E-state index contributed by atoms with van der Waals surface area (Å²) in [5.74, 6) is -0.227. The number of hydrogen-bond acceptors (Lipinski definition) is 3. The number of aromatic amines is 1. The van der Waals surface area contributed by atoms with Gasteiger partial charge in [0.15, 0.2) is 0 Å². The first-order chi connectivity index (χ1) is 7.65. The Hall–Kier alpha value is -1.82. The minimum atomic E-state index is -0.227. The third kappa shape index (κ3) is 2.40. The van der Waals surface area contributed by atoms with Crippen molar-refractivity contribution in [1.29, 1.82) is 0 Å². The van der Waals surface area contributed by atoms with Gasteiger partial charge in [-0.25, -0.2) is 0 Å². The SMILES string of the molecule is Nc1cc(Br)cc(C(=O)Nc2cn[nH]c2)c1. The lowest BCUT2D eigenvalue weighted by Crippen LogP contribution is -2.11. The van der Waals surface area contributed by atoms with E-state index in [9.17, 15) is 4.79 Å². The predicted molar refractivity (Wildman–Crippen MR) is 65.1 cm³/mol. The number of rotatable bonds is 2. The minimum Gasteiger partial charge on any atom is -0.399 e. The molecule has 0 radical (unpaired) electrons. The van der Waals surface area contributed by atoms with Gasteiger partial charge in [-0.3, -0.25) is 9.89 Å². The molecule has 0 bridgehead atoms. The Labute approximate surface area is 100 Å². The number of hydrogen-bond donors (Lipinski definition) is 3. The van der Waals surface area contributed by atoms with Crippen LogP contribution in [0, 0.1) is 0 Å². The third-order valence-corrected chi connectivity index (χ3v) is 2.40. The topological polar surface area (TPSA) is 83.8 Å². The zero-order chi connectivity index (χ0) is 11.5. The smallest absolute Gasteiger partial charge is 0.255 e. The second-order valence-electron chi connectivity index (χ2n) is 3.21. The molecule has 1 amide bonds. The molecule has 0 aliphatic heterocycles. The first-order valence-electron chi connectivity index (χ1n) is 4.51. The molecule has 0 unspecified atom stereocenters. The summed E-state index contributed by atoms with van der Waals surface area (Å²) in [6.45, 7) is 0. The summed E-state index contributed by atoms with van der Waals surface area (Å²) in [4.78, 5) is 11.8. The van der Waals surface area contributed by atoms with Crippen LogP contribution in [0.15, 0.2) is 35.1 Å². The van der Waals surface area contributed by atoms with Crippen LogP contribution in [0.25, 0.3) is 0 Å². The van der Waals surface area contributed by atoms with E-state index >= 15 is 0 Å². The van der Waals surface area contributed by atoms with Crippen LogP contribution in [-0.4, -0.2) is 16.1 Å². The van der Waals surface area contributed by atoms with Gasteiger partial charge in [0.2, 0.25) is 0 Å². The van der Waals surface area contributed by atoms with Crippen LogP contribution in [0.5, 0.6) is 0 Å². The Morgan fingerprint density at radius 3 is 2.88 bits per heavy atom. The molecule has 1 aromatic carbocycles. The van der Waals surface area contributed by atoms with Gasteiger partial charge >= 0.3 is 0 Å². The Morgan fingerprint density at radius 2 is 2.25 bits per heavy atom. The van der Waals surface area contributed by atoms with Crippen LogP contribution in [0.3, 0.4) is 0 Å². The zero-order valence-electron chi connectivity index (χ0n) is 8.20. The third-order valence-electron chi connectivity index (χ3n) is 1.94. The van der Waals surface area contributed by atoms with E-state index in [2.05, 4.69) is 31.4 Å². The highest BCUT2D eigenvalue weighted by Gasteiger charge is 2.08. The summed E-state index contributed by atoms with van der Waals surface area (Å²) in [5.41, 5.74) is 7.28. The van der Waals surface area contributed by atoms with E-state index in [-0.39, 0.29) is 5.91 Å². The van der Waals surface area contributed by atoms with Crippen molar-refractivity contribution in [3.05, 3.63) is 40.6 Å². The van der Waals surface area contributed by atoms with E-state index in [0.717, 1.165) is 4.47 Å². The fourth-order valence-corrected chi connectivity index (χ4v) is 1.78. The predicted octanol–water partition coefficient (Wildman–Crippen LogP) is 2.01. The van der Waals surface area contributed by atoms with E-state index in [1.54, 1.807) is 24.4 Å². The van der Waals surface area contributed by atoms with Crippen molar-refractivity contribution in [2.75, 3.05) is 11.1 Å². The van der Waals surface area contributed by atoms with Crippen molar-refractivity contribution in [1.82, 2.24) is 10.2 Å². The maximum absolute atomic E-state index is 11.8. The fraction of sp³-hybridized carbons (Fsp3) is 0. The van der Waals surface area contributed by atoms with Crippen molar-refractivity contribution < 1.29 is 4.79 Å². The Balaban J connectivity index is 2.21. The highest BCUT2D eigenvalue weighted by Crippen LogP contribution is 2.18. The number of carbonyl (C=O) groups is 1. The number of amides is 1. The fourth-order valence-electron chi connectivity index (χ4n) is 1.27. The number of benzene rings is 1. The highest BCUT2D eigenvalue weighted by molar-refractivity contribution is 9.10. The number of nitrogen functional groups attached to an aromatic ring is 1. The summed E-state index contributed by atoms with van der Waals surface area (Å²) in [7, 11) is 0. The number of aromatic nitrogens is 2. The maximum Gasteiger partial charge on any atom is 0.255 e. The molecule has 0 aliphatic rings. The standard InChI is InChI=1S/C10H9BrN4O/c11-7-1-6(2-8(12)3-7)10(16)15-9-4-13-14-5-9/h1-5H,12H2,(H,13,14)(H,15,16). The quantitative estimate of drug-likeness (QED) is 0.736. The van der Waals surface area contributed by atoms with E-state index in [1.807, 2.05) is 0 Å². The van der Waals surface area contributed by atoms with E-state index in [1.165, 1.54) is 6.20 Å². The molecule has 6 heteroatoms. The van der Waals surface area contributed by atoms with Gasteiger partial charge in [-0.15, -0.1) is 0 Å². The lowest BCUT2D eigenvalue weighted by atomic mass is 10.2. The lowest BCUT2D eigenvalue weighted by Gasteiger charge is -2.04. The van der Waals surface area contributed by atoms with Crippen LogP contribution in [0.4, 0.5) is 11.4 Å². The first kappa shape index (κ1) is 10.7. The zero-order valence-corrected chi connectivity index (χ0v) is 9.78. The van der Waals surface area contributed by atoms with Gasteiger partial charge in [0, 0.05) is 21.9 Å². The second-order valence-corrected chi connectivity index (χ2v) is 4.13. The summed E-state index contributed by atoms with van der Waals surface area (Å²) in [5, 5.41) is 9.02. The Bertz CT molecular complexity index is 489. The van der Waals surface area contributed by atoms with Crippen molar-refractivity contribution in [3.63, 3.8) is 0 Å². The average molecular weight is 281 g/mol. The number of nitrogens with one attached hydrogen (secondary N) is 2. The summed E-state index contributed by atoms with van der Waals surface area (Å²) in [6, 6.07) is 5.04. The summed E-state index contributed by atoms with van der Waals surface area (Å²) >= 11 is 3.28. The van der Waals surface area contributed by atoms with Crippen molar-refractivity contribution in [3.8, 4) is 0 Å². The van der Waals surface area contributed by atoms with Crippen LogP contribution in [-0.2, 0) is 0 Å². The Kier molecular flexibility index (Phi) is 2.91. The van der Waals surface area contributed by atoms with Gasteiger partial charge in [-0.1, -0.05) is 15.9 Å². The van der Waals surface area contributed by atoms with E-state index in [0.29, 0.717) is 16.9 Å². The summed E-state index contributed by atoms with van der Waals surface area (Å²) in [6.07, 6.45) is 3.12. The molecule has 1 aromatic heterocycles. The molecule has 0 atom stereocenters. The normalized spacial score (nSPS) is 10.1. The number of anilines is 2. The molecular weight excluding hydrogens is 272 g/mol. The van der Waals surface area contributed by atoms with Crippen molar-refractivity contribution >= 4 is 33.2 Å². The van der Waals surface area contributed by atoms with Gasteiger partial charge in [-0.05, 0) is 18.2 Å². The summed E-state index contributed by atoms with van der Waals surface area (Å²) < 4.78 is 0.768. The molecule has 0 saturated heterocycles. The number of H-pyrrole nitrogens is 1. The molecule has 0 fully saturated rings. The number of nitrogens with zero attached hydrogens (tertiary/aromatic N) is 1. The first-order valence-corrected chi connectivity index (χ1v) is 5.30. The molecule has 4 N–H and O–H groups in total. The molecule has 0 spiro atoms. The van der Waals surface area contributed by atoms with Gasteiger partial charge < -0.3 is 11.1 Å². The van der Waals surface area contributed by atoms with Gasteiger partial charge in [0.05, 0.1) is 11.9 Å². The van der Waals surface area contributed by atoms with Crippen LogP contribution in [0.2, 0.25) is 0 Å². The number of carbonyl (C=O) groups excluding carboxylic acids is 1. The number of halogens is 1. The van der Waals surface area contributed by atoms with Crippen molar-refractivity contribution in [2.24, 2.45) is 0 Å². The largest absolute Gasteiger partial charge is 0.399 e. The van der Waals surface area contributed by atoms with Crippen LogP contribution < -0.4 is 11.1 Å². The Morgan fingerprint density at radius 1 is 1.44 bits per heavy atom.